The van der Waals surface area contributed by atoms with Crippen LogP contribution in [0.25, 0.3) is 0 Å². The number of nitrogens with zero attached hydrogens (tertiary/aromatic N) is 2. The van der Waals surface area contributed by atoms with Gasteiger partial charge in [-0.25, -0.2) is 0 Å². The predicted molar refractivity (Wildman–Crippen MR) is 86.9 cm³/mol. The van der Waals surface area contributed by atoms with Gasteiger partial charge in [-0.3, -0.25) is 9.48 Å². The third-order valence-electron chi connectivity index (χ3n) is 2.91. The molecule has 1 heterocycles. The van der Waals surface area contributed by atoms with Crippen LogP contribution in [0, 0.1) is 13.8 Å². The Hall–Kier alpha value is -1.34. The van der Waals surface area contributed by atoms with Gasteiger partial charge in [0.25, 0.3) is 5.91 Å². The first kappa shape index (κ1) is 15.1. The quantitative estimate of drug-likeness (QED) is 0.809. The fourth-order valence-corrected chi connectivity index (χ4v) is 3.55. The molecule has 1 amide bonds. The molecule has 7 heteroatoms. The van der Waals surface area contributed by atoms with E-state index in [0.717, 1.165) is 14.5 Å². The van der Waals surface area contributed by atoms with Crippen LogP contribution in [0.15, 0.2) is 21.1 Å². The van der Waals surface area contributed by atoms with E-state index in [2.05, 4.69) is 42.3 Å². The van der Waals surface area contributed by atoms with Crippen molar-refractivity contribution in [2.45, 2.75) is 13.8 Å². The maximum atomic E-state index is 12.4. The van der Waals surface area contributed by atoms with Gasteiger partial charge in [-0.15, -0.1) is 0 Å². The Labute approximate surface area is 133 Å². The largest absolute Gasteiger partial charge is 0.395 e. The Morgan fingerprint density at radius 2 is 1.85 bits per heavy atom. The van der Waals surface area contributed by atoms with Gasteiger partial charge in [-0.05, 0) is 63.4 Å². The van der Waals surface area contributed by atoms with Crippen molar-refractivity contribution < 1.29 is 4.79 Å². The zero-order valence-electron chi connectivity index (χ0n) is 11.3. The minimum Gasteiger partial charge on any atom is -0.395 e. The predicted octanol–water partition coefficient (Wildman–Crippen LogP) is 3.40. The minimum absolute atomic E-state index is 0.296. The molecular formula is C13H14Br2N4O. The number of nitrogens with two attached hydrogens (primary N) is 1. The number of rotatable bonds is 2. The lowest BCUT2D eigenvalue weighted by atomic mass is 10.2. The van der Waals surface area contributed by atoms with Crippen LogP contribution in [0.2, 0.25) is 0 Å². The lowest BCUT2D eigenvalue weighted by Crippen LogP contribution is -2.18. The molecule has 0 fully saturated rings. The number of hydrogen-bond acceptors (Lipinski definition) is 3. The van der Waals surface area contributed by atoms with Gasteiger partial charge >= 0.3 is 0 Å². The number of nitrogen functional groups attached to an aromatic ring is 1. The highest BCUT2D eigenvalue weighted by atomic mass is 79.9. The summed E-state index contributed by atoms with van der Waals surface area (Å²) in [5.74, 6) is -0.296. The van der Waals surface area contributed by atoms with Gasteiger partial charge in [0.1, 0.15) is 5.69 Å². The van der Waals surface area contributed by atoms with Gasteiger partial charge in [-0.1, -0.05) is 0 Å². The number of hydrogen-bond donors (Lipinski definition) is 2. The average molecular weight is 402 g/mol. The Bertz CT molecular complexity index is 671. The molecule has 106 valence electrons. The first-order chi connectivity index (χ1) is 9.31. The molecule has 0 aliphatic carbocycles. The number of halogens is 2. The molecule has 0 radical (unpaired) electrons. The third kappa shape index (κ3) is 2.73. The summed E-state index contributed by atoms with van der Waals surface area (Å²) in [6.07, 6.45) is 0. The SMILES string of the molecule is Cc1cc(Br)c(NC(=O)c2c(N)c(C)nn2C)c(Br)c1. The van der Waals surface area contributed by atoms with Crippen LogP contribution < -0.4 is 11.1 Å². The van der Waals surface area contributed by atoms with Crippen LogP contribution >= 0.6 is 31.9 Å². The van der Waals surface area contributed by atoms with E-state index in [0.29, 0.717) is 22.8 Å². The summed E-state index contributed by atoms with van der Waals surface area (Å²) >= 11 is 6.89. The summed E-state index contributed by atoms with van der Waals surface area (Å²) in [5, 5.41) is 6.98. The summed E-state index contributed by atoms with van der Waals surface area (Å²) in [6, 6.07) is 3.86. The average Bonchev–Trinajstić information content (AvgIpc) is 2.58. The van der Waals surface area contributed by atoms with Crippen LogP contribution in [0.5, 0.6) is 0 Å². The van der Waals surface area contributed by atoms with Gasteiger partial charge in [0, 0.05) is 16.0 Å². The van der Waals surface area contributed by atoms with E-state index in [9.17, 15) is 4.79 Å². The fraction of sp³-hybridized carbons (Fsp3) is 0.231. The molecule has 1 aromatic carbocycles. The van der Waals surface area contributed by atoms with Crippen molar-refractivity contribution in [3.05, 3.63) is 38.0 Å². The number of nitrogens with one attached hydrogen (secondary N) is 1. The van der Waals surface area contributed by atoms with Gasteiger partial charge in [0.15, 0.2) is 0 Å². The van der Waals surface area contributed by atoms with E-state index in [1.807, 2.05) is 19.1 Å². The molecule has 2 rings (SSSR count). The lowest BCUT2D eigenvalue weighted by molar-refractivity contribution is 0.101. The van der Waals surface area contributed by atoms with Crippen molar-refractivity contribution in [1.29, 1.82) is 0 Å². The zero-order chi connectivity index (χ0) is 15.0. The van der Waals surface area contributed by atoms with Crippen LogP contribution in [0.1, 0.15) is 21.7 Å². The molecule has 0 aliphatic rings. The second-order valence-electron chi connectivity index (χ2n) is 4.53. The first-order valence-electron chi connectivity index (χ1n) is 5.87. The van der Waals surface area contributed by atoms with Gasteiger partial charge < -0.3 is 11.1 Å². The highest BCUT2D eigenvalue weighted by Gasteiger charge is 2.19. The summed E-state index contributed by atoms with van der Waals surface area (Å²) in [5.41, 5.74) is 9.02. The van der Waals surface area contributed by atoms with Crippen LogP contribution in [-0.2, 0) is 7.05 Å². The number of anilines is 2. The van der Waals surface area contributed by atoms with E-state index in [1.54, 1.807) is 14.0 Å². The number of aryl methyl sites for hydroxylation is 3. The van der Waals surface area contributed by atoms with Gasteiger partial charge in [0.2, 0.25) is 0 Å². The molecule has 0 bridgehead atoms. The molecule has 0 saturated heterocycles. The molecular weight excluding hydrogens is 388 g/mol. The van der Waals surface area contributed by atoms with Crippen LogP contribution in [0.4, 0.5) is 11.4 Å². The molecule has 0 unspecified atom stereocenters. The Kier molecular flexibility index (Phi) is 4.19. The smallest absolute Gasteiger partial charge is 0.276 e. The molecule has 0 atom stereocenters. The molecule has 0 saturated carbocycles. The Morgan fingerprint density at radius 3 is 2.30 bits per heavy atom. The number of aromatic nitrogens is 2. The monoisotopic (exact) mass is 400 g/mol. The first-order valence-corrected chi connectivity index (χ1v) is 7.46. The van der Waals surface area contributed by atoms with Gasteiger partial charge in [0.05, 0.1) is 17.1 Å². The molecule has 2 aromatic rings. The number of amides is 1. The lowest BCUT2D eigenvalue weighted by Gasteiger charge is -2.11. The van der Waals surface area contributed by atoms with Crippen molar-refractivity contribution in [2.24, 2.45) is 7.05 Å². The number of carbonyl (C=O) groups excluding carboxylic acids is 1. The molecule has 20 heavy (non-hydrogen) atoms. The summed E-state index contributed by atoms with van der Waals surface area (Å²) < 4.78 is 3.08. The summed E-state index contributed by atoms with van der Waals surface area (Å²) in [4.78, 5) is 12.4. The summed E-state index contributed by atoms with van der Waals surface area (Å²) in [6.45, 7) is 3.74. The van der Waals surface area contributed by atoms with Crippen LogP contribution in [0.3, 0.4) is 0 Å². The van der Waals surface area contributed by atoms with Gasteiger partial charge in [-0.2, -0.15) is 5.10 Å². The second-order valence-corrected chi connectivity index (χ2v) is 6.24. The van der Waals surface area contributed by atoms with Crippen molar-refractivity contribution >= 4 is 49.1 Å². The van der Waals surface area contributed by atoms with Crippen molar-refractivity contribution in [1.82, 2.24) is 9.78 Å². The Balaban J connectivity index is 2.38. The molecule has 3 N–H and O–H groups in total. The molecule has 5 nitrogen and oxygen atoms in total. The fourth-order valence-electron chi connectivity index (χ4n) is 1.94. The maximum Gasteiger partial charge on any atom is 0.276 e. The van der Waals surface area contributed by atoms with E-state index >= 15 is 0 Å². The van der Waals surface area contributed by atoms with E-state index in [1.165, 1.54) is 4.68 Å². The van der Waals surface area contributed by atoms with E-state index in [4.69, 9.17) is 5.73 Å². The standard InChI is InChI=1S/C13H14Br2N4O/c1-6-4-8(14)11(9(15)5-6)17-13(20)12-10(16)7(2)18-19(12)3/h4-5H,16H2,1-3H3,(H,17,20). The molecule has 1 aromatic heterocycles. The van der Waals surface area contributed by atoms with Crippen molar-refractivity contribution in [2.75, 3.05) is 11.1 Å². The Morgan fingerprint density at radius 1 is 1.30 bits per heavy atom. The highest BCUT2D eigenvalue weighted by molar-refractivity contribution is 9.11. The van der Waals surface area contributed by atoms with Crippen LogP contribution in [-0.4, -0.2) is 15.7 Å². The second kappa shape index (κ2) is 5.57. The normalized spacial score (nSPS) is 10.7. The highest BCUT2D eigenvalue weighted by Crippen LogP contribution is 2.33. The van der Waals surface area contributed by atoms with E-state index < -0.39 is 0 Å². The number of carbonyl (C=O) groups is 1. The number of benzene rings is 1. The molecule has 0 spiro atoms. The zero-order valence-corrected chi connectivity index (χ0v) is 14.5. The topological polar surface area (TPSA) is 72.9 Å². The minimum atomic E-state index is -0.296. The van der Waals surface area contributed by atoms with Crippen molar-refractivity contribution in [3.63, 3.8) is 0 Å². The molecule has 0 aliphatic heterocycles. The third-order valence-corrected chi connectivity index (χ3v) is 4.16. The maximum absolute atomic E-state index is 12.4. The van der Waals surface area contributed by atoms with Crippen molar-refractivity contribution in [3.8, 4) is 0 Å². The summed E-state index contributed by atoms with van der Waals surface area (Å²) in [7, 11) is 1.69. The van der Waals surface area contributed by atoms with E-state index in [-0.39, 0.29) is 5.91 Å².